The molecule has 2 aliphatic heterocycles. The number of piperidine rings is 1. The quantitative estimate of drug-likeness (QED) is 0.784. The summed E-state index contributed by atoms with van der Waals surface area (Å²) in [4.78, 5) is 2.54. The van der Waals surface area contributed by atoms with E-state index in [0.29, 0.717) is 11.8 Å². The Hall–Kier alpha value is -0.160. The first kappa shape index (κ1) is 17.2. The molecule has 3 unspecified atom stereocenters. The minimum Gasteiger partial charge on any atom is -0.393 e. The van der Waals surface area contributed by atoms with Crippen molar-refractivity contribution in [3.63, 3.8) is 0 Å². The number of hydrogen-bond donors (Lipinski definition) is 2. The Morgan fingerprint density at radius 2 is 2.24 bits per heavy atom. The van der Waals surface area contributed by atoms with Gasteiger partial charge in [0, 0.05) is 38.2 Å². The molecule has 2 heterocycles. The third-order valence-corrected chi connectivity index (χ3v) is 4.96. The SMILES string of the molecule is CC(C)CNCC1(CN2CCC(O)C(C)C2)CCCOC1. The van der Waals surface area contributed by atoms with Gasteiger partial charge in [-0.05, 0) is 37.6 Å². The van der Waals surface area contributed by atoms with Gasteiger partial charge < -0.3 is 20.1 Å². The van der Waals surface area contributed by atoms with E-state index in [9.17, 15) is 5.11 Å². The number of nitrogens with zero attached hydrogens (tertiary/aromatic N) is 1. The molecule has 2 fully saturated rings. The predicted molar refractivity (Wildman–Crippen MR) is 86.4 cm³/mol. The average molecular weight is 298 g/mol. The van der Waals surface area contributed by atoms with Crippen molar-refractivity contribution in [3.05, 3.63) is 0 Å². The second-order valence-corrected chi connectivity index (χ2v) is 7.75. The van der Waals surface area contributed by atoms with E-state index in [-0.39, 0.29) is 11.5 Å². The van der Waals surface area contributed by atoms with Gasteiger partial charge in [0.25, 0.3) is 0 Å². The molecule has 2 rings (SSSR count). The molecule has 4 heteroatoms. The Morgan fingerprint density at radius 3 is 2.86 bits per heavy atom. The number of nitrogens with one attached hydrogen (secondary N) is 1. The third-order valence-electron chi connectivity index (χ3n) is 4.96. The van der Waals surface area contributed by atoms with Crippen LogP contribution in [-0.2, 0) is 4.74 Å². The summed E-state index contributed by atoms with van der Waals surface area (Å²) >= 11 is 0. The van der Waals surface area contributed by atoms with E-state index in [1.807, 2.05) is 0 Å². The molecule has 4 nitrogen and oxygen atoms in total. The van der Waals surface area contributed by atoms with E-state index in [1.54, 1.807) is 0 Å². The molecule has 0 spiro atoms. The fourth-order valence-corrected chi connectivity index (χ4v) is 3.69. The maximum Gasteiger partial charge on any atom is 0.0590 e. The summed E-state index contributed by atoms with van der Waals surface area (Å²) in [5.41, 5.74) is 0.259. The summed E-state index contributed by atoms with van der Waals surface area (Å²) in [6.07, 6.45) is 3.23. The zero-order valence-electron chi connectivity index (χ0n) is 14.1. The van der Waals surface area contributed by atoms with Gasteiger partial charge in [0.1, 0.15) is 0 Å². The Bertz CT molecular complexity index is 303. The number of hydrogen-bond acceptors (Lipinski definition) is 4. The van der Waals surface area contributed by atoms with E-state index in [2.05, 4.69) is 31.0 Å². The third kappa shape index (κ3) is 5.20. The van der Waals surface area contributed by atoms with Crippen molar-refractivity contribution in [2.75, 3.05) is 45.9 Å². The van der Waals surface area contributed by atoms with Gasteiger partial charge in [0.2, 0.25) is 0 Å². The summed E-state index contributed by atoms with van der Waals surface area (Å²) in [5, 5.41) is 13.6. The summed E-state index contributed by atoms with van der Waals surface area (Å²) in [5.74, 6) is 1.08. The summed E-state index contributed by atoms with van der Waals surface area (Å²) in [6, 6.07) is 0. The van der Waals surface area contributed by atoms with Crippen molar-refractivity contribution in [3.8, 4) is 0 Å². The molecule has 0 aromatic carbocycles. The maximum atomic E-state index is 9.90. The average Bonchev–Trinajstić information content (AvgIpc) is 2.43. The number of likely N-dealkylation sites (tertiary alicyclic amines) is 1. The van der Waals surface area contributed by atoms with Crippen LogP contribution in [-0.4, -0.2) is 62.0 Å². The molecule has 2 saturated heterocycles. The number of aliphatic hydroxyl groups excluding tert-OH is 1. The van der Waals surface area contributed by atoms with Crippen LogP contribution in [0.5, 0.6) is 0 Å². The maximum absolute atomic E-state index is 9.90. The largest absolute Gasteiger partial charge is 0.393 e. The normalized spacial score (nSPS) is 35.3. The first-order chi connectivity index (χ1) is 10.0. The van der Waals surface area contributed by atoms with Crippen LogP contribution in [0.3, 0.4) is 0 Å². The fourth-order valence-electron chi connectivity index (χ4n) is 3.69. The highest BCUT2D eigenvalue weighted by Gasteiger charge is 2.36. The van der Waals surface area contributed by atoms with E-state index in [0.717, 1.165) is 52.4 Å². The molecule has 0 amide bonds. The van der Waals surface area contributed by atoms with E-state index < -0.39 is 0 Å². The number of aliphatic hydroxyl groups is 1. The van der Waals surface area contributed by atoms with Crippen molar-refractivity contribution in [2.45, 2.75) is 46.1 Å². The van der Waals surface area contributed by atoms with Crippen molar-refractivity contribution in [2.24, 2.45) is 17.3 Å². The van der Waals surface area contributed by atoms with E-state index in [1.165, 1.54) is 12.8 Å². The van der Waals surface area contributed by atoms with Gasteiger partial charge in [-0.15, -0.1) is 0 Å². The van der Waals surface area contributed by atoms with Crippen LogP contribution in [0.1, 0.15) is 40.0 Å². The fraction of sp³-hybridized carbons (Fsp3) is 1.00. The highest BCUT2D eigenvalue weighted by atomic mass is 16.5. The smallest absolute Gasteiger partial charge is 0.0590 e. The second-order valence-electron chi connectivity index (χ2n) is 7.75. The predicted octanol–water partition coefficient (Wildman–Crippen LogP) is 1.73. The van der Waals surface area contributed by atoms with Gasteiger partial charge in [-0.1, -0.05) is 20.8 Å². The van der Waals surface area contributed by atoms with Gasteiger partial charge in [0.15, 0.2) is 0 Å². The molecule has 0 aromatic heterocycles. The molecule has 2 N–H and O–H groups in total. The summed E-state index contributed by atoms with van der Waals surface area (Å²) in [6.45, 7) is 13.8. The Labute approximate surface area is 130 Å². The van der Waals surface area contributed by atoms with E-state index >= 15 is 0 Å². The Morgan fingerprint density at radius 1 is 1.43 bits per heavy atom. The topological polar surface area (TPSA) is 44.7 Å². The minimum atomic E-state index is -0.112. The van der Waals surface area contributed by atoms with Crippen LogP contribution in [0.25, 0.3) is 0 Å². The van der Waals surface area contributed by atoms with Gasteiger partial charge in [-0.25, -0.2) is 0 Å². The van der Waals surface area contributed by atoms with Gasteiger partial charge in [0.05, 0.1) is 12.7 Å². The van der Waals surface area contributed by atoms with E-state index in [4.69, 9.17) is 4.74 Å². The molecular weight excluding hydrogens is 264 g/mol. The first-order valence-corrected chi connectivity index (χ1v) is 8.70. The molecule has 3 atom stereocenters. The number of ether oxygens (including phenoxy) is 1. The molecular formula is C17H34N2O2. The van der Waals surface area contributed by atoms with Gasteiger partial charge in [-0.2, -0.15) is 0 Å². The van der Waals surface area contributed by atoms with Crippen LogP contribution in [0.2, 0.25) is 0 Å². The second kappa shape index (κ2) is 7.91. The van der Waals surface area contributed by atoms with Crippen molar-refractivity contribution < 1.29 is 9.84 Å². The lowest BCUT2D eigenvalue weighted by atomic mass is 9.80. The molecule has 0 aliphatic carbocycles. The highest BCUT2D eigenvalue weighted by Crippen LogP contribution is 2.31. The minimum absolute atomic E-state index is 0.112. The standard InChI is InChI=1S/C17H34N2O2/c1-14(2)9-18-11-17(6-4-8-21-13-17)12-19-7-5-16(20)15(3)10-19/h14-16,18,20H,4-13H2,1-3H3. The summed E-state index contributed by atoms with van der Waals surface area (Å²) in [7, 11) is 0. The summed E-state index contributed by atoms with van der Waals surface area (Å²) < 4.78 is 5.82. The molecule has 0 bridgehead atoms. The zero-order chi connectivity index (χ0) is 15.3. The lowest BCUT2D eigenvalue weighted by molar-refractivity contribution is -0.0437. The highest BCUT2D eigenvalue weighted by molar-refractivity contribution is 4.89. The first-order valence-electron chi connectivity index (χ1n) is 8.70. The van der Waals surface area contributed by atoms with Crippen LogP contribution in [0, 0.1) is 17.3 Å². The lowest BCUT2D eigenvalue weighted by Gasteiger charge is -2.44. The molecule has 124 valence electrons. The molecule has 21 heavy (non-hydrogen) atoms. The van der Waals surface area contributed by atoms with Crippen LogP contribution >= 0.6 is 0 Å². The number of rotatable bonds is 6. The van der Waals surface area contributed by atoms with Crippen LogP contribution in [0.15, 0.2) is 0 Å². The van der Waals surface area contributed by atoms with Gasteiger partial charge in [-0.3, -0.25) is 0 Å². The molecule has 0 saturated carbocycles. The monoisotopic (exact) mass is 298 g/mol. The van der Waals surface area contributed by atoms with Crippen molar-refractivity contribution in [1.29, 1.82) is 0 Å². The van der Waals surface area contributed by atoms with Crippen LogP contribution in [0.4, 0.5) is 0 Å². The van der Waals surface area contributed by atoms with Gasteiger partial charge >= 0.3 is 0 Å². The van der Waals surface area contributed by atoms with Crippen molar-refractivity contribution in [1.82, 2.24) is 10.2 Å². The molecule has 0 radical (unpaired) electrons. The van der Waals surface area contributed by atoms with Crippen LogP contribution < -0.4 is 5.32 Å². The Balaban J connectivity index is 1.89. The zero-order valence-corrected chi connectivity index (χ0v) is 14.1. The Kier molecular flexibility index (Phi) is 6.48. The molecule has 0 aromatic rings. The molecule has 2 aliphatic rings. The van der Waals surface area contributed by atoms with Crippen molar-refractivity contribution >= 4 is 0 Å². The lowest BCUT2D eigenvalue weighted by Crippen LogP contribution is -2.52.